The van der Waals surface area contributed by atoms with E-state index in [1.54, 1.807) is 7.11 Å². The summed E-state index contributed by atoms with van der Waals surface area (Å²) in [5, 5.41) is 0. The van der Waals surface area contributed by atoms with Crippen LogP contribution in [0.3, 0.4) is 0 Å². The molecule has 0 aliphatic heterocycles. The number of hydrogen-bond acceptors (Lipinski definition) is 3. The van der Waals surface area contributed by atoms with Crippen molar-refractivity contribution in [3.8, 4) is 17.0 Å². The van der Waals surface area contributed by atoms with E-state index in [0.29, 0.717) is 10.2 Å². The van der Waals surface area contributed by atoms with E-state index in [4.69, 9.17) is 4.74 Å². The normalized spacial score (nSPS) is 10.1. The van der Waals surface area contributed by atoms with E-state index in [2.05, 4.69) is 25.9 Å². The number of nitrogens with one attached hydrogen (secondary N) is 1. The number of benzene rings is 1. The first kappa shape index (κ1) is 10.9. The zero-order valence-corrected chi connectivity index (χ0v) is 10.1. The van der Waals surface area contributed by atoms with Crippen molar-refractivity contribution in [1.82, 2.24) is 9.97 Å². The lowest BCUT2D eigenvalue weighted by Crippen LogP contribution is -2.08. The summed E-state index contributed by atoms with van der Waals surface area (Å²) in [6.45, 7) is 0. The van der Waals surface area contributed by atoms with Crippen LogP contribution in [0, 0.1) is 0 Å². The van der Waals surface area contributed by atoms with Crippen LogP contribution in [0.2, 0.25) is 0 Å². The Hall–Kier alpha value is -1.62. The average Bonchev–Trinajstić information content (AvgIpc) is 2.33. The molecule has 0 aliphatic carbocycles. The number of nitrogens with zero attached hydrogens (tertiary/aromatic N) is 1. The highest BCUT2D eigenvalue weighted by atomic mass is 79.9. The predicted octanol–water partition coefficient (Wildman–Crippen LogP) is 2.21. The highest BCUT2D eigenvalue weighted by molar-refractivity contribution is 9.10. The van der Waals surface area contributed by atoms with Gasteiger partial charge in [0, 0.05) is 5.56 Å². The SMILES string of the molecule is COc1ccc(-c2nc[nH]c(=O)c2Br)cc1. The first-order valence-corrected chi connectivity index (χ1v) is 5.39. The van der Waals surface area contributed by atoms with E-state index < -0.39 is 0 Å². The first-order valence-electron chi connectivity index (χ1n) is 4.60. The van der Waals surface area contributed by atoms with Gasteiger partial charge in [-0.3, -0.25) is 4.79 Å². The molecule has 0 amide bonds. The van der Waals surface area contributed by atoms with Gasteiger partial charge in [-0.15, -0.1) is 0 Å². The molecule has 0 aliphatic rings. The summed E-state index contributed by atoms with van der Waals surface area (Å²) in [4.78, 5) is 18.0. The van der Waals surface area contributed by atoms with Gasteiger partial charge in [-0.05, 0) is 40.2 Å². The van der Waals surface area contributed by atoms with Crippen LogP contribution in [0.1, 0.15) is 0 Å². The summed E-state index contributed by atoms with van der Waals surface area (Å²) in [5.74, 6) is 0.768. The van der Waals surface area contributed by atoms with Crippen LogP contribution in [0.25, 0.3) is 11.3 Å². The number of hydrogen-bond donors (Lipinski definition) is 1. The molecule has 2 aromatic rings. The molecule has 5 heteroatoms. The van der Waals surface area contributed by atoms with Crippen molar-refractivity contribution in [3.05, 3.63) is 45.4 Å². The Morgan fingerprint density at radius 3 is 2.62 bits per heavy atom. The molecule has 82 valence electrons. The van der Waals surface area contributed by atoms with Crippen LogP contribution in [-0.2, 0) is 0 Å². The van der Waals surface area contributed by atoms with Gasteiger partial charge in [-0.2, -0.15) is 0 Å². The molecule has 1 aromatic heterocycles. The first-order chi connectivity index (χ1) is 7.72. The summed E-state index contributed by atoms with van der Waals surface area (Å²) in [6.07, 6.45) is 1.38. The standard InChI is InChI=1S/C11H9BrN2O2/c1-16-8-4-2-7(3-5-8)10-9(12)11(15)14-6-13-10/h2-6H,1H3,(H,13,14,15). The van der Waals surface area contributed by atoms with Crippen LogP contribution in [0.4, 0.5) is 0 Å². The molecule has 0 atom stereocenters. The Balaban J connectivity index is 2.50. The second-order valence-electron chi connectivity index (χ2n) is 3.12. The van der Waals surface area contributed by atoms with Gasteiger partial charge in [0.25, 0.3) is 5.56 Å². The highest BCUT2D eigenvalue weighted by Crippen LogP contribution is 2.24. The molecule has 0 saturated carbocycles. The number of ether oxygens (including phenoxy) is 1. The van der Waals surface area contributed by atoms with Gasteiger partial charge in [-0.25, -0.2) is 4.98 Å². The molecule has 1 heterocycles. The molecule has 0 fully saturated rings. The number of rotatable bonds is 2. The van der Waals surface area contributed by atoms with Crippen LogP contribution in [0.15, 0.2) is 39.9 Å². The molecule has 0 radical (unpaired) electrons. The zero-order chi connectivity index (χ0) is 11.5. The van der Waals surface area contributed by atoms with Crippen molar-refractivity contribution in [1.29, 1.82) is 0 Å². The monoisotopic (exact) mass is 280 g/mol. The van der Waals surface area contributed by atoms with Crippen LogP contribution >= 0.6 is 15.9 Å². The molecule has 0 bridgehead atoms. The van der Waals surface area contributed by atoms with E-state index >= 15 is 0 Å². The summed E-state index contributed by atoms with van der Waals surface area (Å²) in [5.41, 5.74) is 1.28. The quantitative estimate of drug-likeness (QED) is 0.918. The average molecular weight is 281 g/mol. The van der Waals surface area contributed by atoms with Crippen molar-refractivity contribution in [3.63, 3.8) is 0 Å². The fourth-order valence-corrected chi connectivity index (χ4v) is 1.78. The van der Waals surface area contributed by atoms with E-state index in [1.165, 1.54) is 6.33 Å². The van der Waals surface area contributed by atoms with Crippen LogP contribution < -0.4 is 10.3 Å². The fourth-order valence-electron chi connectivity index (χ4n) is 1.33. The molecular formula is C11H9BrN2O2. The number of aromatic amines is 1. The number of methoxy groups -OCH3 is 1. The van der Waals surface area contributed by atoms with E-state index in [9.17, 15) is 4.79 Å². The van der Waals surface area contributed by atoms with Gasteiger partial charge in [0.2, 0.25) is 0 Å². The minimum atomic E-state index is -0.194. The summed E-state index contributed by atoms with van der Waals surface area (Å²) in [6, 6.07) is 7.35. The highest BCUT2D eigenvalue weighted by Gasteiger charge is 2.07. The lowest BCUT2D eigenvalue weighted by Gasteiger charge is -2.03. The molecule has 2 rings (SSSR count). The largest absolute Gasteiger partial charge is 0.497 e. The Labute approximate surface area is 100 Å². The Bertz CT molecular complexity index is 549. The third-order valence-electron chi connectivity index (χ3n) is 2.16. The maximum atomic E-state index is 11.4. The molecule has 4 nitrogen and oxygen atoms in total. The van der Waals surface area contributed by atoms with Crippen molar-refractivity contribution >= 4 is 15.9 Å². The number of H-pyrrole nitrogens is 1. The van der Waals surface area contributed by atoms with Crippen LogP contribution in [0.5, 0.6) is 5.75 Å². The minimum Gasteiger partial charge on any atom is -0.497 e. The third-order valence-corrected chi connectivity index (χ3v) is 2.90. The fraction of sp³-hybridized carbons (Fsp3) is 0.0909. The Morgan fingerprint density at radius 1 is 1.31 bits per heavy atom. The Morgan fingerprint density at radius 2 is 2.00 bits per heavy atom. The second-order valence-corrected chi connectivity index (χ2v) is 3.92. The van der Waals surface area contributed by atoms with Gasteiger partial charge < -0.3 is 9.72 Å². The number of aromatic nitrogens is 2. The minimum absolute atomic E-state index is 0.194. The second kappa shape index (κ2) is 4.49. The predicted molar refractivity (Wildman–Crippen MR) is 64.5 cm³/mol. The molecule has 0 spiro atoms. The van der Waals surface area contributed by atoms with Crippen molar-refractivity contribution in [2.75, 3.05) is 7.11 Å². The van der Waals surface area contributed by atoms with E-state index in [-0.39, 0.29) is 5.56 Å². The lowest BCUT2D eigenvalue weighted by molar-refractivity contribution is 0.415. The molecule has 0 unspecified atom stereocenters. The molecule has 1 aromatic carbocycles. The molecule has 1 N–H and O–H groups in total. The lowest BCUT2D eigenvalue weighted by atomic mass is 10.1. The van der Waals surface area contributed by atoms with Gasteiger partial charge >= 0.3 is 0 Å². The van der Waals surface area contributed by atoms with E-state index in [0.717, 1.165) is 11.3 Å². The maximum Gasteiger partial charge on any atom is 0.265 e. The van der Waals surface area contributed by atoms with Crippen molar-refractivity contribution < 1.29 is 4.74 Å². The summed E-state index contributed by atoms with van der Waals surface area (Å²) < 4.78 is 5.49. The van der Waals surface area contributed by atoms with Gasteiger partial charge in [0.1, 0.15) is 10.2 Å². The molecule has 0 saturated heterocycles. The van der Waals surface area contributed by atoms with Gasteiger partial charge in [-0.1, -0.05) is 0 Å². The molecule has 16 heavy (non-hydrogen) atoms. The van der Waals surface area contributed by atoms with Crippen LogP contribution in [-0.4, -0.2) is 17.1 Å². The van der Waals surface area contributed by atoms with E-state index in [1.807, 2.05) is 24.3 Å². The Kier molecular flexibility index (Phi) is 3.05. The maximum absolute atomic E-state index is 11.4. The number of halogens is 1. The summed E-state index contributed by atoms with van der Waals surface area (Å²) >= 11 is 3.21. The smallest absolute Gasteiger partial charge is 0.265 e. The van der Waals surface area contributed by atoms with Crippen molar-refractivity contribution in [2.24, 2.45) is 0 Å². The molecular weight excluding hydrogens is 272 g/mol. The van der Waals surface area contributed by atoms with Gasteiger partial charge in [0.05, 0.1) is 19.1 Å². The summed E-state index contributed by atoms with van der Waals surface area (Å²) in [7, 11) is 1.61. The third kappa shape index (κ3) is 1.99. The zero-order valence-electron chi connectivity index (χ0n) is 8.53. The topological polar surface area (TPSA) is 55.0 Å². The van der Waals surface area contributed by atoms with Gasteiger partial charge in [0.15, 0.2) is 0 Å². The van der Waals surface area contributed by atoms with Crippen molar-refractivity contribution in [2.45, 2.75) is 0 Å².